The van der Waals surface area contributed by atoms with E-state index in [9.17, 15) is 14.7 Å². The highest BCUT2D eigenvalue weighted by Crippen LogP contribution is 2.42. The average Bonchev–Trinajstić information content (AvgIpc) is 2.67. The second kappa shape index (κ2) is 6.83. The summed E-state index contributed by atoms with van der Waals surface area (Å²) >= 11 is 0. The molecule has 0 fully saturated rings. The maximum Gasteiger partial charge on any atom is 0.336 e. The summed E-state index contributed by atoms with van der Waals surface area (Å²) in [7, 11) is 0. The average molecular weight is 351 g/mol. The van der Waals surface area contributed by atoms with Crippen LogP contribution in [-0.2, 0) is 19.4 Å². The number of ether oxygens (including phenoxy) is 1. The number of nitrogens with zero attached hydrogens (tertiary/aromatic N) is 1. The van der Waals surface area contributed by atoms with Crippen molar-refractivity contribution in [3.63, 3.8) is 0 Å². The number of hydrogen-bond acceptors (Lipinski definition) is 4. The molecule has 2 aromatic carbocycles. The Morgan fingerprint density at radius 2 is 1.96 bits per heavy atom. The highest BCUT2D eigenvalue weighted by molar-refractivity contribution is 5.89. The van der Waals surface area contributed by atoms with E-state index in [1.807, 2.05) is 6.07 Å². The van der Waals surface area contributed by atoms with Gasteiger partial charge >= 0.3 is 5.97 Å². The highest BCUT2D eigenvalue weighted by atomic mass is 16.5. The number of hydrogen-bond donors (Lipinski definition) is 1. The molecule has 134 valence electrons. The molecule has 0 amide bonds. The number of aromatic carboxylic acids is 1. The maximum absolute atomic E-state index is 11.7. The lowest BCUT2D eigenvalue weighted by atomic mass is 9.89. The maximum atomic E-state index is 11.7. The Labute approximate surface area is 152 Å². The van der Waals surface area contributed by atoms with E-state index in [1.54, 1.807) is 24.3 Å². The minimum atomic E-state index is -0.974. The van der Waals surface area contributed by atoms with E-state index in [0.717, 1.165) is 50.6 Å². The van der Waals surface area contributed by atoms with Crippen LogP contribution in [0.3, 0.4) is 0 Å². The van der Waals surface area contributed by atoms with Crippen LogP contribution in [0.1, 0.15) is 50.2 Å². The third kappa shape index (κ3) is 2.83. The van der Waals surface area contributed by atoms with Crippen LogP contribution in [0.2, 0.25) is 0 Å². The molecule has 0 radical (unpaired) electrons. The molecule has 0 unspecified atom stereocenters. The van der Waals surface area contributed by atoms with E-state index in [-0.39, 0.29) is 12.2 Å². The van der Waals surface area contributed by atoms with Crippen molar-refractivity contribution in [1.82, 2.24) is 0 Å². The van der Waals surface area contributed by atoms with Crippen molar-refractivity contribution < 1.29 is 19.4 Å². The third-order valence-corrected chi connectivity index (χ3v) is 5.25. The first-order valence-electron chi connectivity index (χ1n) is 9.02. The molecular formula is C21H21NO4. The zero-order valence-electron chi connectivity index (χ0n) is 14.5. The van der Waals surface area contributed by atoms with Gasteiger partial charge in [0, 0.05) is 29.9 Å². The van der Waals surface area contributed by atoms with Gasteiger partial charge in [0.1, 0.15) is 12.4 Å². The van der Waals surface area contributed by atoms with Gasteiger partial charge in [0.15, 0.2) is 6.29 Å². The van der Waals surface area contributed by atoms with Gasteiger partial charge in [-0.15, -0.1) is 0 Å². The Balaban J connectivity index is 1.72. The Hall–Kier alpha value is -2.82. The smallest absolute Gasteiger partial charge is 0.336 e. The Bertz CT molecular complexity index is 873. The molecule has 0 saturated carbocycles. The minimum Gasteiger partial charge on any atom is -0.488 e. The van der Waals surface area contributed by atoms with Gasteiger partial charge in [0.25, 0.3) is 0 Å². The quantitative estimate of drug-likeness (QED) is 0.836. The van der Waals surface area contributed by atoms with Gasteiger partial charge in [0.2, 0.25) is 0 Å². The van der Waals surface area contributed by atoms with Crippen molar-refractivity contribution >= 4 is 17.9 Å². The summed E-state index contributed by atoms with van der Waals surface area (Å²) in [5.74, 6) is -0.358. The Morgan fingerprint density at radius 3 is 2.73 bits per heavy atom. The van der Waals surface area contributed by atoms with E-state index >= 15 is 0 Å². The minimum absolute atomic E-state index is 0.134. The van der Waals surface area contributed by atoms with Gasteiger partial charge in [-0.25, -0.2) is 4.79 Å². The van der Waals surface area contributed by atoms with Crippen LogP contribution in [0.5, 0.6) is 5.75 Å². The third-order valence-electron chi connectivity index (χ3n) is 5.25. The molecule has 0 aliphatic carbocycles. The molecule has 0 atom stereocenters. The van der Waals surface area contributed by atoms with Gasteiger partial charge < -0.3 is 14.7 Å². The van der Waals surface area contributed by atoms with Crippen LogP contribution in [0.4, 0.5) is 5.69 Å². The second-order valence-electron chi connectivity index (χ2n) is 6.84. The van der Waals surface area contributed by atoms with Crippen LogP contribution in [0.25, 0.3) is 0 Å². The molecule has 0 spiro atoms. The van der Waals surface area contributed by atoms with Crippen molar-refractivity contribution in [1.29, 1.82) is 0 Å². The molecule has 0 bridgehead atoms. The number of anilines is 1. The van der Waals surface area contributed by atoms with Crippen LogP contribution in [-0.4, -0.2) is 30.5 Å². The van der Waals surface area contributed by atoms with Crippen molar-refractivity contribution in [2.24, 2.45) is 0 Å². The fraction of sp³-hybridized carbons (Fsp3) is 0.333. The van der Waals surface area contributed by atoms with Crippen molar-refractivity contribution in [2.75, 3.05) is 18.0 Å². The van der Waals surface area contributed by atoms with Crippen LogP contribution in [0, 0.1) is 0 Å². The summed E-state index contributed by atoms with van der Waals surface area (Å²) in [4.78, 5) is 25.5. The first-order valence-corrected chi connectivity index (χ1v) is 9.02. The highest BCUT2D eigenvalue weighted by Gasteiger charge is 2.28. The molecule has 2 aliphatic rings. The van der Waals surface area contributed by atoms with Crippen molar-refractivity contribution in [3.05, 3.63) is 58.1 Å². The largest absolute Gasteiger partial charge is 0.488 e. The molecule has 4 rings (SSSR count). The van der Waals surface area contributed by atoms with E-state index in [0.29, 0.717) is 16.9 Å². The predicted octanol–water partition coefficient (Wildman–Crippen LogP) is 3.48. The molecular weight excluding hydrogens is 330 g/mol. The summed E-state index contributed by atoms with van der Waals surface area (Å²) in [6, 6.07) is 8.76. The van der Waals surface area contributed by atoms with E-state index in [4.69, 9.17) is 4.74 Å². The molecule has 5 heteroatoms. The summed E-state index contributed by atoms with van der Waals surface area (Å²) in [6.45, 7) is 2.22. The first kappa shape index (κ1) is 16.6. The monoisotopic (exact) mass is 351 g/mol. The van der Waals surface area contributed by atoms with E-state index in [1.165, 1.54) is 11.3 Å². The number of carboxylic acid groups (broad SMARTS) is 1. The topological polar surface area (TPSA) is 66.8 Å². The lowest BCUT2D eigenvalue weighted by molar-refractivity contribution is 0.0693. The summed E-state index contributed by atoms with van der Waals surface area (Å²) < 4.78 is 6.05. The van der Waals surface area contributed by atoms with Gasteiger partial charge in [-0.1, -0.05) is 18.2 Å². The zero-order valence-corrected chi connectivity index (χ0v) is 14.5. The fourth-order valence-corrected chi connectivity index (χ4v) is 4.12. The molecule has 0 saturated heterocycles. The van der Waals surface area contributed by atoms with Gasteiger partial charge in [-0.2, -0.15) is 0 Å². The Morgan fingerprint density at radius 1 is 1.19 bits per heavy atom. The summed E-state index contributed by atoms with van der Waals surface area (Å²) in [5.41, 5.74) is 4.96. The normalized spacial score (nSPS) is 15.3. The zero-order chi connectivity index (χ0) is 18.1. The molecule has 0 aromatic heterocycles. The SMILES string of the molecule is O=Cc1cc2c3c(c1OCc1ccccc1C(=O)O)CCCN3CCC2. The van der Waals surface area contributed by atoms with Gasteiger partial charge in [-0.3, -0.25) is 4.79 Å². The molecule has 2 aromatic rings. The number of carboxylic acids is 1. The van der Waals surface area contributed by atoms with E-state index in [2.05, 4.69) is 4.90 Å². The van der Waals surface area contributed by atoms with Gasteiger partial charge in [-0.05, 0) is 43.4 Å². The van der Waals surface area contributed by atoms with Crippen molar-refractivity contribution in [2.45, 2.75) is 32.3 Å². The molecule has 2 aliphatic heterocycles. The first-order chi connectivity index (χ1) is 12.7. The lowest BCUT2D eigenvalue weighted by Crippen LogP contribution is -2.35. The number of rotatable bonds is 5. The van der Waals surface area contributed by atoms with Crippen molar-refractivity contribution in [3.8, 4) is 5.75 Å². The van der Waals surface area contributed by atoms with Crippen LogP contribution < -0.4 is 9.64 Å². The number of aldehydes is 1. The number of aryl methyl sites for hydroxylation is 1. The Kier molecular flexibility index (Phi) is 4.37. The lowest BCUT2D eigenvalue weighted by Gasteiger charge is -2.38. The molecule has 1 N–H and O–H groups in total. The van der Waals surface area contributed by atoms with Crippen LogP contribution >= 0.6 is 0 Å². The summed E-state index contributed by atoms with van der Waals surface area (Å²) in [5, 5.41) is 9.35. The summed E-state index contributed by atoms with van der Waals surface area (Å²) in [6.07, 6.45) is 4.87. The van der Waals surface area contributed by atoms with E-state index < -0.39 is 5.97 Å². The van der Waals surface area contributed by atoms with Crippen LogP contribution in [0.15, 0.2) is 30.3 Å². The number of carbonyl (C=O) groups excluding carboxylic acids is 1. The predicted molar refractivity (Wildman–Crippen MR) is 98.4 cm³/mol. The fourth-order valence-electron chi connectivity index (χ4n) is 4.12. The molecule has 5 nitrogen and oxygen atoms in total. The molecule has 2 heterocycles. The second-order valence-corrected chi connectivity index (χ2v) is 6.84. The number of benzene rings is 2. The molecule has 26 heavy (non-hydrogen) atoms. The number of carbonyl (C=O) groups is 2. The van der Waals surface area contributed by atoms with Gasteiger partial charge in [0.05, 0.1) is 11.1 Å². The standard InChI is InChI=1S/C21H21NO4/c23-12-16-11-14-6-3-9-22-10-4-8-18(19(14)22)20(16)26-13-15-5-1-2-7-17(15)21(24)25/h1-2,5,7,11-12H,3-4,6,8-10,13H2,(H,24,25).